The number of thiazole rings is 1. The first kappa shape index (κ1) is 7.09. The molecule has 0 fully saturated rings. The third kappa shape index (κ3) is 1.99. The molecule has 0 saturated heterocycles. The maximum Gasteiger partial charge on any atom is 0.150 e. The van der Waals surface area contributed by atoms with Crippen molar-refractivity contribution in [1.29, 1.82) is 0 Å². The van der Waals surface area contributed by atoms with E-state index in [-0.39, 0.29) is 0 Å². The third-order valence-electron chi connectivity index (χ3n) is 0.866. The number of hydrogen-bond acceptors (Lipinski definition) is 3. The Kier molecular flexibility index (Phi) is 2.54. The van der Waals surface area contributed by atoms with Crippen molar-refractivity contribution in [2.75, 3.05) is 5.75 Å². The van der Waals surface area contributed by atoms with Crippen molar-refractivity contribution >= 4 is 23.1 Å². The molecule has 0 amide bonds. The number of aromatic nitrogens is 1. The molecule has 0 aliphatic heterocycles. The number of aryl methyl sites for hydroxylation is 1. The number of thioether (sulfide) groups is 1. The van der Waals surface area contributed by atoms with Crippen molar-refractivity contribution in [3.8, 4) is 0 Å². The Morgan fingerprint density at radius 2 is 2.56 bits per heavy atom. The zero-order chi connectivity index (χ0) is 6.69. The number of hydrogen-bond donors (Lipinski definition) is 0. The molecule has 1 rings (SSSR count). The summed E-state index contributed by atoms with van der Waals surface area (Å²) in [6.07, 6.45) is 0. The molecule has 0 bridgehead atoms. The van der Waals surface area contributed by atoms with Crippen molar-refractivity contribution in [2.24, 2.45) is 0 Å². The highest BCUT2D eigenvalue weighted by Crippen LogP contribution is 2.21. The van der Waals surface area contributed by atoms with E-state index >= 15 is 0 Å². The Morgan fingerprint density at radius 1 is 1.78 bits per heavy atom. The smallest absolute Gasteiger partial charge is 0.150 e. The molecular formula is C6H9NS2. The normalized spacial score (nSPS) is 10.0. The summed E-state index contributed by atoms with van der Waals surface area (Å²) in [6, 6.07) is 0. The number of rotatable bonds is 2. The first-order valence-electron chi connectivity index (χ1n) is 2.88. The molecule has 0 aromatic carbocycles. The minimum Gasteiger partial charge on any atom is -0.235 e. The molecule has 1 heterocycles. The van der Waals surface area contributed by atoms with Gasteiger partial charge in [0, 0.05) is 11.1 Å². The Hall–Kier alpha value is -0.0200. The van der Waals surface area contributed by atoms with Gasteiger partial charge in [-0.3, -0.25) is 0 Å². The molecule has 0 aliphatic carbocycles. The van der Waals surface area contributed by atoms with Crippen LogP contribution in [-0.4, -0.2) is 10.7 Å². The number of nitrogens with zero attached hydrogens (tertiary/aromatic N) is 1. The van der Waals surface area contributed by atoms with Crippen molar-refractivity contribution in [3.63, 3.8) is 0 Å². The summed E-state index contributed by atoms with van der Waals surface area (Å²) in [5, 5.41) is 2.08. The van der Waals surface area contributed by atoms with E-state index in [9.17, 15) is 0 Å². The lowest BCUT2D eigenvalue weighted by molar-refractivity contribution is 1.16. The minimum atomic E-state index is 1.12. The maximum absolute atomic E-state index is 4.28. The predicted octanol–water partition coefficient (Wildman–Crippen LogP) is 2.56. The summed E-state index contributed by atoms with van der Waals surface area (Å²) in [4.78, 5) is 4.28. The fourth-order valence-corrected chi connectivity index (χ4v) is 2.27. The van der Waals surface area contributed by atoms with Crippen LogP contribution in [0.2, 0.25) is 0 Å². The molecular weight excluding hydrogens is 150 g/mol. The molecule has 0 aliphatic rings. The molecule has 3 heteroatoms. The van der Waals surface area contributed by atoms with Gasteiger partial charge in [0.25, 0.3) is 0 Å². The molecule has 0 radical (unpaired) electrons. The highest BCUT2D eigenvalue weighted by atomic mass is 32.2. The van der Waals surface area contributed by atoms with Gasteiger partial charge in [-0.2, -0.15) is 0 Å². The van der Waals surface area contributed by atoms with E-state index in [0.29, 0.717) is 0 Å². The van der Waals surface area contributed by atoms with Crippen LogP contribution in [0.3, 0.4) is 0 Å². The van der Waals surface area contributed by atoms with Gasteiger partial charge in [0.15, 0.2) is 0 Å². The Balaban J connectivity index is 2.61. The lowest BCUT2D eigenvalue weighted by Crippen LogP contribution is -1.70. The summed E-state index contributed by atoms with van der Waals surface area (Å²) in [5.41, 5.74) is 1.14. The second-order valence-corrected chi connectivity index (χ2v) is 4.06. The molecule has 9 heavy (non-hydrogen) atoms. The van der Waals surface area contributed by atoms with Crippen molar-refractivity contribution in [2.45, 2.75) is 18.2 Å². The minimum absolute atomic E-state index is 1.12. The summed E-state index contributed by atoms with van der Waals surface area (Å²) < 4.78 is 1.19. The molecule has 50 valence electrons. The summed E-state index contributed by atoms with van der Waals surface area (Å²) in [6.45, 7) is 4.16. The van der Waals surface area contributed by atoms with Gasteiger partial charge in [0.2, 0.25) is 0 Å². The highest BCUT2D eigenvalue weighted by Gasteiger charge is 1.94. The first-order chi connectivity index (χ1) is 4.33. The zero-order valence-electron chi connectivity index (χ0n) is 5.55. The summed E-state index contributed by atoms with van der Waals surface area (Å²) in [7, 11) is 0. The quantitative estimate of drug-likeness (QED) is 0.615. The van der Waals surface area contributed by atoms with Gasteiger partial charge >= 0.3 is 0 Å². The maximum atomic E-state index is 4.28. The molecule has 0 atom stereocenters. The van der Waals surface area contributed by atoms with E-state index in [0.717, 1.165) is 11.4 Å². The van der Waals surface area contributed by atoms with Crippen LogP contribution in [0.5, 0.6) is 0 Å². The molecule has 0 spiro atoms. The van der Waals surface area contributed by atoms with Crippen LogP contribution in [0.4, 0.5) is 0 Å². The largest absolute Gasteiger partial charge is 0.235 e. The first-order valence-corrected chi connectivity index (χ1v) is 4.74. The molecule has 0 unspecified atom stereocenters. The van der Waals surface area contributed by atoms with Crippen molar-refractivity contribution < 1.29 is 0 Å². The third-order valence-corrected chi connectivity index (χ3v) is 2.89. The monoisotopic (exact) mass is 159 g/mol. The Bertz CT molecular complexity index is 183. The van der Waals surface area contributed by atoms with Crippen molar-refractivity contribution in [3.05, 3.63) is 11.1 Å². The van der Waals surface area contributed by atoms with E-state index in [1.54, 1.807) is 23.1 Å². The van der Waals surface area contributed by atoms with Crippen LogP contribution in [0.15, 0.2) is 9.72 Å². The van der Waals surface area contributed by atoms with Gasteiger partial charge in [0.05, 0.1) is 0 Å². The lowest BCUT2D eigenvalue weighted by atomic mass is 10.6. The van der Waals surface area contributed by atoms with Gasteiger partial charge in [-0.1, -0.05) is 18.7 Å². The lowest BCUT2D eigenvalue weighted by Gasteiger charge is -1.85. The van der Waals surface area contributed by atoms with E-state index < -0.39 is 0 Å². The fraction of sp³-hybridized carbons (Fsp3) is 0.500. The molecule has 1 nitrogen and oxygen atoms in total. The van der Waals surface area contributed by atoms with E-state index in [4.69, 9.17) is 0 Å². The van der Waals surface area contributed by atoms with Crippen LogP contribution in [0.1, 0.15) is 12.6 Å². The van der Waals surface area contributed by atoms with E-state index in [2.05, 4.69) is 17.3 Å². The molecule has 1 aromatic rings. The average molecular weight is 159 g/mol. The van der Waals surface area contributed by atoms with Crippen LogP contribution in [0, 0.1) is 6.92 Å². The Morgan fingerprint density at radius 3 is 3.00 bits per heavy atom. The topological polar surface area (TPSA) is 12.9 Å². The SMILES string of the molecule is CCSc1nc(C)cs1. The summed E-state index contributed by atoms with van der Waals surface area (Å²) >= 11 is 3.53. The van der Waals surface area contributed by atoms with Gasteiger partial charge in [-0.15, -0.1) is 11.3 Å². The van der Waals surface area contributed by atoms with E-state index in [1.165, 1.54) is 4.34 Å². The van der Waals surface area contributed by atoms with Gasteiger partial charge in [-0.05, 0) is 12.7 Å². The fourth-order valence-electron chi connectivity index (χ4n) is 0.522. The molecule has 0 N–H and O–H groups in total. The van der Waals surface area contributed by atoms with Crippen LogP contribution in [-0.2, 0) is 0 Å². The second kappa shape index (κ2) is 3.22. The Labute approximate surface area is 63.5 Å². The second-order valence-electron chi connectivity index (χ2n) is 1.69. The summed E-state index contributed by atoms with van der Waals surface area (Å²) in [5.74, 6) is 1.12. The highest BCUT2D eigenvalue weighted by molar-refractivity contribution is 8.00. The van der Waals surface area contributed by atoms with Crippen LogP contribution < -0.4 is 0 Å². The zero-order valence-corrected chi connectivity index (χ0v) is 7.18. The predicted molar refractivity (Wildman–Crippen MR) is 43.2 cm³/mol. The van der Waals surface area contributed by atoms with Crippen LogP contribution in [0.25, 0.3) is 0 Å². The van der Waals surface area contributed by atoms with Crippen molar-refractivity contribution in [1.82, 2.24) is 4.98 Å². The van der Waals surface area contributed by atoms with E-state index in [1.807, 2.05) is 6.92 Å². The molecule has 1 aromatic heterocycles. The average Bonchev–Trinajstić information content (AvgIpc) is 2.17. The van der Waals surface area contributed by atoms with Gasteiger partial charge in [0.1, 0.15) is 4.34 Å². The standard InChI is InChI=1S/C6H9NS2/c1-3-8-6-7-5(2)4-9-6/h4H,3H2,1-2H3. The van der Waals surface area contributed by atoms with Gasteiger partial charge < -0.3 is 0 Å². The van der Waals surface area contributed by atoms with Gasteiger partial charge in [-0.25, -0.2) is 4.98 Å². The van der Waals surface area contributed by atoms with Crippen LogP contribution >= 0.6 is 23.1 Å². The molecule has 0 saturated carbocycles.